The second kappa shape index (κ2) is 7.73. The molecule has 0 spiro atoms. The van der Waals surface area contributed by atoms with Crippen molar-refractivity contribution in [1.29, 1.82) is 0 Å². The SMILES string of the molecule is Cc1cc2c(cc1C(C)(C)C)-c1cc(C(C)(C)C)c(C)cc1[CH]2[Zr+2].[Cl-].[Cl-]. The molecule has 0 saturated carbocycles. The van der Waals surface area contributed by atoms with E-state index in [1.807, 2.05) is 0 Å². The molecule has 0 radical (unpaired) electrons. The molecule has 0 fully saturated rings. The van der Waals surface area contributed by atoms with E-state index in [1.165, 1.54) is 33.4 Å². The number of halogens is 2. The Morgan fingerprint density at radius 2 is 0.962 bits per heavy atom. The van der Waals surface area contributed by atoms with Crippen LogP contribution in [-0.4, -0.2) is 0 Å². The minimum Gasteiger partial charge on any atom is -1.00 e. The third kappa shape index (κ3) is 4.01. The van der Waals surface area contributed by atoms with Gasteiger partial charge in [-0.05, 0) is 0 Å². The Kier molecular flexibility index (Phi) is 7.12. The van der Waals surface area contributed by atoms with Gasteiger partial charge < -0.3 is 24.8 Å². The average Bonchev–Trinajstić information content (AvgIpc) is 2.67. The summed E-state index contributed by atoms with van der Waals surface area (Å²) in [7, 11) is 0. The van der Waals surface area contributed by atoms with E-state index in [9.17, 15) is 0 Å². The minimum atomic E-state index is 0. The van der Waals surface area contributed by atoms with Crippen molar-refractivity contribution >= 4 is 0 Å². The molecule has 0 aliphatic heterocycles. The quantitative estimate of drug-likeness (QED) is 0.530. The van der Waals surface area contributed by atoms with Gasteiger partial charge in [-0.3, -0.25) is 0 Å². The van der Waals surface area contributed by atoms with Gasteiger partial charge in [0.15, 0.2) is 0 Å². The zero-order chi connectivity index (χ0) is 18.0. The maximum atomic E-state index is 2.48. The first-order chi connectivity index (χ1) is 10.9. The Balaban J connectivity index is 0.00000169. The second-order valence-electron chi connectivity index (χ2n) is 9.44. The van der Waals surface area contributed by atoms with E-state index >= 15 is 0 Å². The molecule has 139 valence electrons. The first-order valence-corrected chi connectivity index (χ1v) is 10.3. The van der Waals surface area contributed by atoms with Crippen molar-refractivity contribution in [3.8, 4) is 11.1 Å². The van der Waals surface area contributed by atoms with Gasteiger partial charge in [0.2, 0.25) is 0 Å². The van der Waals surface area contributed by atoms with E-state index in [0.717, 1.165) is 0 Å². The standard InChI is InChI=1S/C23H29.2ClH.Zr/c1-14-9-16-11-17-10-15(2)21(23(6,7)8)13-19(17)18(16)12-20(14)22(3,4)5;;;/h9-13H,1-8H3;2*1H;/q;;;+2/p-2. The number of hydrogen-bond donors (Lipinski definition) is 0. The van der Waals surface area contributed by atoms with Crippen LogP contribution >= 0.6 is 0 Å². The Labute approximate surface area is 187 Å². The molecule has 1 aliphatic carbocycles. The molecule has 0 atom stereocenters. The van der Waals surface area contributed by atoms with Crippen LogP contribution in [0.3, 0.4) is 0 Å². The van der Waals surface area contributed by atoms with Crippen molar-refractivity contribution in [2.75, 3.05) is 0 Å². The summed E-state index contributed by atoms with van der Waals surface area (Å²) in [5.41, 5.74) is 12.3. The largest absolute Gasteiger partial charge is 1.00 e. The van der Waals surface area contributed by atoms with Crippen LogP contribution in [0.5, 0.6) is 0 Å². The summed E-state index contributed by atoms with van der Waals surface area (Å²) in [6, 6.07) is 9.88. The van der Waals surface area contributed by atoms with Crippen LogP contribution in [0.4, 0.5) is 0 Å². The predicted molar refractivity (Wildman–Crippen MR) is 101 cm³/mol. The number of hydrogen-bond acceptors (Lipinski definition) is 0. The van der Waals surface area contributed by atoms with Gasteiger partial charge in [0.25, 0.3) is 0 Å². The normalized spacial score (nSPS) is 13.6. The fraction of sp³-hybridized carbons (Fsp3) is 0.478. The molecular formula is C23H29Cl2Zr. The first-order valence-electron chi connectivity index (χ1n) is 8.93. The van der Waals surface area contributed by atoms with E-state index in [0.29, 0.717) is 3.63 Å². The van der Waals surface area contributed by atoms with Gasteiger partial charge in [-0.25, -0.2) is 0 Å². The molecule has 2 aromatic rings. The van der Waals surface area contributed by atoms with Gasteiger partial charge in [-0.1, -0.05) is 0 Å². The summed E-state index contributed by atoms with van der Waals surface area (Å²) >= 11 is 1.59. The Morgan fingerprint density at radius 3 is 1.23 bits per heavy atom. The van der Waals surface area contributed by atoms with Crippen LogP contribution in [0, 0.1) is 13.8 Å². The second-order valence-corrected chi connectivity index (χ2v) is 10.9. The van der Waals surface area contributed by atoms with Crippen LogP contribution in [0.25, 0.3) is 11.1 Å². The van der Waals surface area contributed by atoms with Crippen LogP contribution in [0.1, 0.15) is 78.5 Å². The smallest absolute Gasteiger partial charge is 1.00 e. The number of aryl methyl sites for hydroxylation is 2. The summed E-state index contributed by atoms with van der Waals surface area (Å²) in [4.78, 5) is 0. The molecule has 0 nitrogen and oxygen atoms in total. The fourth-order valence-electron chi connectivity index (χ4n) is 4.19. The third-order valence-corrected chi connectivity index (χ3v) is 6.85. The molecule has 0 heterocycles. The fourth-order valence-corrected chi connectivity index (χ4v) is 5.36. The van der Waals surface area contributed by atoms with Gasteiger partial charge >= 0.3 is 163 Å². The monoisotopic (exact) mass is 465 g/mol. The maximum Gasteiger partial charge on any atom is -1.00 e. The van der Waals surface area contributed by atoms with E-state index in [-0.39, 0.29) is 35.6 Å². The first kappa shape index (κ1) is 23.9. The zero-order valence-corrected chi connectivity index (χ0v) is 21.1. The molecule has 0 unspecified atom stereocenters. The van der Waals surface area contributed by atoms with Crippen molar-refractivity contribution in [3.63, 3.8) is 0 Å². The summed E-state index contributed by atoms with van der Waals surface area (Å²) in [5, 5.41) is 0. The van der Waals surface area contributed by atoms with Crippen molar-refractivity contribution in [2.24, 2.45) is 0 Å². The number of rotatable bonds is 0. The Bertz CT molecular complexity index is 754. The van der Waals surface area contributed by atoms with E-state index in [1.54, 1.807) is 35.8 Å². The molecule has 2 aromatic carbocycles. The van der Waals surface area contributed by atoms with E-state index in [4.69, 9.17) is 0 Å². The molecule has 0 amide bonds. The Morgan fingerprint density at radius 1 is 0.654 bits per heavy atom. The van der Waals surface area contributed by atoms with Crippen LogP contribution in [0.2, 0.25) is 0 Å². The van der Waals surface area contributed by atoms with Crippen molar-refractivity contribution in [2.45, 2.75) is 69.8 Å². The zero-order valence-electron chi connectivity index (χ0n) is 17.1. The maximum absolute atomic E-state index is 2.48. The number of benzene rings is 2. The van der Waals surface area contributed by atoms with Gasteiger partial charge in [0.05, 0.1) is 0 Å². The van der Waals surface area contributed by atoms with Crippen LogP contribution in [-0.2, 0) is 35.5 Å². The van der Waals surface area contributed by atoms with E-state index < -0.39 is 0 Å². The minimum absolute atomic E-state index is 0. The third-order valence-electron chi connectivity index (χ3n) is 5.32. The van der Waals surface area contributed by atoms with Gasteiger partial charge in [0, 0.05) is 0 Å². The molecule has 0 bridgehead atoms. The molecule has 26 heavy (non-hydrogen) atoms. The predicted octanol–water partition coefficient (Wildman–Crippen LogP) is 0.523. The van der Waals surface area contributed by atoms with E-state index in [2.05, 4.69) is 79.7 Å². The number of fused-ring (bicyclic) bond motifs is 3. The Hall–Kier alpha value is -0.0969. The summed E-state index contributed by atoms with van der Waals surface area (Å²) in [5.74, 6) is 0. The van der Waals surface area contributed by atoms with Gasteiger partial charge in [-0.15, -0.1) is 0 Å². The molecule has 0 saturated heterocycles. The van der Waals surface area contributed by atoms with Gasteiger partial charge in [-0.2, -0.15) is 0 Å². The molecule has 0 aromatic heterocycles. The van der Waals surface area contributed by atoms with Crippen LogP contribution < -0.4 is 24.8 Å². The molecule has 1 aliphatic rings. The topological polar surface area (TPSA) is 0 Å². The summed E-state index contributed by atoms with van der Waals surface area (Å²) in [6.45, 7) is 18.5. The molecular weight excluding hydrogens is 438 g/mol. The van der Waals surface area contributed by atoms with Crippen molar-refractivity contribution in [3.05, 3.63) is 57.6 Å². The van der Waals surface area contributed by atoms with Crippen LogP contribution in [0.15, 0.2) is 24.3 Å². The summed E-state index contributed by atoms with van der Waals surface area (Å²) in [6.07, 6.45) is 0. The molecule has 3 rings (SSSR count). The van der Waals surface area contributed by atoms with Gasteiger partial charge in [0.1, 0.15) is 0 Å². The molecule has 0 N–H and O–H groups in total. The average molecular weight is 468 g/mol. The van der Waals surface area contributed by atoms with Crippen molar-refractivity contribution < 1.29 is 49.5 Å². The summed E-state index contributed by atoms with van der Waals surface area (Å²) < 4.78 is 0.586. The molecule has 3 heteroatoms. The van der Waals surface area contributed by atoms with Crippen molar-refractivity contribution in [1.82, 2.24) is 0 Å².